The van der Waals surface area contributed by atoms with Gasteiger partial charge in [-0.3, -0.25) is 4.79 Å². The van der Waals surface area contributed by atoms with E-state index < -0.39 is 0 Å². The first-order valence-corrected chi connectivity index (χ1v) is 9.52. The lowest BCUT2D eigenvalue weighted by Gasteiger charge is -2.29. The summed E-state index contributed by atoms with van der Waals surface area (Å²) in [5.41, 5.74) is 4.57. The van der Waals surface area contributed by atoms with Gasteiger partial charge in [0.15, 0.2) is 0 Å². The van der Waals surface area contributed by atoms with E-state index in [2.05, 4.69) is 27.3 Å². The Labute approximate surface area is 155 Å². The molecule has 2 heterocycles. The first-order valence-electron chi connectivity index (χ1n) is 9.52. The number of aryl methyl sites for hydroxylation is 3. The Kier molecular flexibility index (Phi) is 5.39. The number of carbonyl (C=O) groups is 1. The fourth-order valence-corrected chi connectivity index (χ4v) is 3.88. The first kappa shape index (κ1) is 18.5. The van der Waals surface area contributed by atoms with Crippen LogP contribution in [0.25, 0.3) is 5.95 Å². The van der Waals surface area contributed by atoms with Crippen LogP contribution in [0, 0.1) is 33.6 Å². The van der Waals surface area contributed by atoms with Crippen molar-refractivity contribution in [1.29, 1.82) is 0 Å². The van der Waals surface area contributed by atoms with Crippen LogP contribution in [0.3, 0.4) is 0 Å². The monoisotopic (exact) mass is 355 g/mol. The molecule has 1 aliphatic rings. The lowest BCUT2D eigenvalue weighted by atomic mass is 9.86. The van der Waals surface area contributed by atoms with Gasteiger partial charge in [-0.2, -0.15) is 5.10 Å². The van der Waals surface area contributed by atoms with Crippen LogP contribution in [-0.4, -0.2) is 31.7 Å². The van der Waals surface area contributed by atoms with Gasteiger partial charge in [-0.1, -0.05) is 19.8 Å². The Morgan fingerprint density at radius 2 is 1.81 bits per heavy atom. The molecule has 1 amide bonds. The Bertz CT molecular complexity index is 791. The minimum absolute atomic E-state index is 0.0795. The molecule has 26 heavy (non-hydrogen) atoms. The van der Waals surface area contributed by atoms with Crippen LogP contribution in [0.2, 0.25) is 0 Å². The molecule has 0 saturated heterocycles. The fraction of sp³-hybridized carbons (Fsp3) is 0.600. The average Bonchev–Trinajstić information content (AvgIpc) is 2.84. The number of rotatable bonds is 4. The van der Waals surface area contributed by atoms with E-state index in [1.165, 1.54) is 19.3 Å². The summed E-state index contributed by atoms with van der Waals surface area (Å²) < 4.78 is 1.75. The largest absolute Gasteiger partial charge is 0.353 e. The summed E-state index contributed by atoms with van der Waals surface area (Å²) in [6.07, 6.45) is 5.11. The summed E-state index contributed by atoms with van der Waals surface area (Å²) in [4.78, 5) is 21.6. The first-order chi connectivity index (χ1) is 12.3. The van der Waals surface area contributed by atoms with Crippen molar-refractivity contribution in [2.75, 3.05) is 0 Å². The van der Waals surface area contributed by atoms with E-state index in [1.807, 2.05) is 33.8 Å². The highest BCUT2D eigenvalue weighted by Crippen LogP contribution is 2.24. The molecule has 1 aliphatic carbocycles. The van der Waals surface area contributed by atoms with Gasteiger partial charge in [-0.05, 0) is 52.5 Å². The maximum Gasteiger partial charge on any atom is 0.251 e. The molecule has 0 aromatic carbocycles. The van der Waals surface area contributed by atoms with Crippen LogP contribution in [-0.2, 0) is 11.2 Å². The average molecular weight is 355 g/mol. The van der Waals surface area contributed by atoms with E-state index in [-0.39, 0.29) is 5.91 Å². The highest BCUT2D eigenvalue weighted by molar-refractivity contribution is 5.79. The number of hydrogen-bond donors (Lipinski definition) is 1. The molecule has 2 atom stereocenters. The van der Waals surface area contributed by atoms with Gasteiger partial charge >= 0.3 is 0 Å². The van der Waals surface area contributed by atoms with Gasteiger partial charge in [-0.25, -0.2) is 14.6 Å². The molecule has 6 nitrogen and oxygen atoms in total. The number of nitrogens with zero attached hydrogens (tertiary/aromatic N) is 4. The SMILES string of the molecule is Cc1cc(C)nc(-n2nc(C)c(CC(=O)N[C@H]3CCCC[C@@H]3C)c2C)n1. The highest BCUT2D eigenvalue weighted by Gasteiger charge is 2.24. The summed E-state index contributed by atoms with van der Waals surface area (Å²) in [5.74, 6) is 1.20. The summed E-state index contributed by atoms with van der Waals surface area (Å²) in [6, 6.07) is 2.24. The number of aromatic nitrogens is 4. The van der Waals surface area contributed by atoms with Crippen molar-refractivity contribution in [2.24, 2.45) is 5.92 Å². The van der Waals surface area contributed by atoms with Crippen molar-refractivity contribution >= 4 is 5.91 Å². The molecule has 1 N–H and O–H groups in total. The second kappa shape index (κ2) is 7.56. The molecule has 0 unspecified atom stereocenters. The third-order valence-electron chi connectivity index (χ3n) is 5.40. The second-order valence-electron chi connectivity index (χ2n) is 7.62. The number of nitrogens with one attached hydrogen (secondary N) is 1. The van der Waals surface area contributed by atoms with E-state index in [1.54, 1.807) is 4.68 Å². The predicted octanol–water partition coefficient (Wildman–Crippen LogP) is 3.13. The van der Waals surface area contributed by atoms with Crippen molar-refractivity contribution in [3.63, 3.8) is 0 Å². The number of amides is 1. The minimum Gasteiger partial charge on any atom is -0.353 e. The van der Waals surface area contributed by atoms with Crippen molar-refractivity contribution in [3.05, 3.63) is 34.4 Å². The van der Waals surface area contributed by atoms with Gasteiger partial charge in [0.05, 0.1) is 12.1 Å². The van der Waals surface area contributed by atoms with Crippen molar-refractivity contribution < 1.29 is 4.79 Å². The number of hydrogen-bond acceptors (Lipinski definition) is 4. The molecule has 3 rings (SSSR count). The normalized spacial score (nSPS) is 20.2. The Hall–Kier alpha value is -2.24. The Morgan fingerprint density at radius 3 is 2.46 bits per heavy atom. The van der Waals surface area contributed by atoms with Gasteiger partial charge in [0.2, 0.25) is 5.91 Å². The Balaban J connectivity index is 1.78. The lowest BCUT2D eigenvalue weighted by Crippen LogP contribution is -2.41. The van der Waals surface area contributed by atoms with Crippen LogP contribution in [0.4, 0.5) is 0 Å². The second-order valence-corrected chi connectivity index (χ2v) is 7.62. The zero-order valence-electron chi connectivity index (χ0n) is 16.5. The summed E-state index contributed by atoms with van der Waals surface area (Å²) in [7, 11) is 0. The topological polar surface area (TPSA) is 72.7 Å². The van der Waals surface area contributed by atoms with Gasteiger partial charge in [0, 0.05) is 28.7 Å². The molecule has 0 bridgehead atoms. The predicted molar refractivity (Wildman–Crippen MR) is 101 cm³/mol. The van der Waals surface area contributed by atoms with E-state index in [0.29, 0.717) is 24.3 Å². The summed E-state index contributed by atoms with van der Waals surface area (Å²) in [5, 5.41) is 7.82. The van der Waals surface area contributed by atoms with E-state index in [4.69, 9.17) is 0 Å². The lowest BCUT2D eigenvalue weighted by molar-refractivity contribution is -0.121. The third kappa shape index (κ3) is 3.94. The van der Waals surface area contributed by atoms with Gasteiger partial charge in [0.25, 0.3) is 5.95 Å². The van der Waals surface area contributed by atoms with Crippen molar-refractivity contribution in [1.82, 2.24) is 25.1 Å². The molecular formula is C20H29N5O. The molecule has 0 spiro atoms. The zero-order chi connectivity index (χ0) is 18.8. The molecule has 1 fully saturated rings. The molecule has 0 aliphatic heterocycles. The fourth-order valence-electron chi connectivity index (χ4n) is 3.88. The zero-order valence-corrected chi connectivity index (χ0v) is 16.5. The molecular weight excluding hydrogens is 326 g/mol. The maximum atomic E-state index is 12.6. The minimum atomic E-state index is 0.0795. The van der Waals surface area contributed by atoms with Gasteiger partial charge in [0.1, 0.15) is 0 Å². The van der Waals surface area contributed by atoms with Crippen LogP contribution >= 0.6 is 0 Å². The van der Waals surface area contributed by atoms with Crippen molar-refractivity contribution in [3.8, 4) is 5.95 Å². The quantitative estimate of drug-likeness (QED) is 0.914. The molecule has 6 heteroatoms. The summed E-state index contributed by atoms with van der Waals surface area (Å²) in [6.45, 7) is 10.0. The van der Waals surface area contributed by atoms with Gasteiger partial charge < -0.3 is 5.32 Å². The smallest absolute Gasteiger partial charge is 0.251 e. The molecule has 2 aromatic rings. The highest BCUT2D eigenvalue weighted by atomic mass is 16.1. The van der Waals surface area contributed by atoms with E-state index in [9.17, 15) is 4.79 Å². The third-order valence-corrected chi connectivity index (χ3v) is 5.40. The molecule has 2 aromatic heterocycles. The molecule has 1 saturated carbocycles. The van der Waals surface area contributed by atoms with Crippen LogP contribution in [0.5, 0.6) is 0 Å². The maximum absolute atomic E-state index is 12.6. The van der Waals surface area contributed by atoms with Crippen LogP contribution in [0.15, 0.2) is 6.07 Å². The van der Waals surface area contributed by atoms with Crippen LogP contribution in [0.1, 0.15) is 60.9 Å². The number of carbonyl (C=O) groups excluding carboxylic acids is 1. The van der Waals surface area contributed by atoms with Crippen molar-refractivity contribution in [2.45, 2.75) is 72.8 Å². The summed E-state index contributed by atoms with van der Waals surface area (Å²) >= 11 is 0. The Morgan fingerprint density at radius 1 is 1.15 bits per heavy atom. The van der Waals surface area contributed by atoms with Crippen LogP contribution < -0.4 is 5.32 Å². The molecule has 140 valence electrons. The standard InChI is InChI=1S/C20H29N5O/c1-12-8-6-7-9-18(12)23-19(26)11-17-15(4)24-25(16(17)5)20-21-13(2)10-14(3)22-20/h10,12,18H,6-9,11H2,1-5H3,(H,23,26)/t12-,18-/m0/s1. The van der Waals surface area contributed by atoms with E-state index >= 15 is 0 Å². The van der Waals surface area contributed by atoms with E-state index in [0.717, 1.165) is 34.8 Å². The molecule has 0 radical (unpaired) electrons. The van der Waals surface area contributed by atoms with Gasteiger partial charge in [-0.15, -0.1) is 0 Å².